The molecule has 0 bridgehead atoms. The topological polar surface area (TPSA) is 92.8 Å². The number of hydrogen-bond acceptors (Lipinski definition) is 6. The number of fused-ring (bicyclic) bond motifs is 4. The highest BCUT2D eigenvalue weighted by atomic mass is 16.5. The molecule has 178 valence electrons. The van der Waals surface area contributed by atoms with Crippen molar-refractivity contribution in [1.82, 2.24) is 4.98 Å². The average molecular weight is 454 g/mol. The smallest absolute Gasteiger partial charge is 0.345 e. The molecule has 6 heteroatoms. The summed E-state index contributed by atoms with van der Waals surface area (Å²) in [6, 6.07) is 5.22. The third-order valence-electron chi connectivity index (χ3n) is 9.88. The molecule has 5 rings (SSSR count). The van der Waals surface area contributed by atoms with Gasteiger partial charge in [-0.1, -0.05) is 34.1 Å². The number of hydrogen-bond donors (Lipinski definition) is 2. The van der Waals surface area contributed by atoms with Crippen molar-refractivity contribution in [2.24, 2.45) is 28.6 Å². The molecule has 6 nitrogen and oxygen atoms in total. The lowest BCUT2D eigenvalue weighted by Crippen LogP contribution is -2.69. The molecular formula is C27H35NO5. The van der Waals surface area contributed by atoms with Gasteiger partial charge in [-0.3, -0.25) is 4.98 Å². The van der Waals surface area contributed by atoms with E-state index in [4.69, 9.17) is 9.15 Å². The fraction of sp³-hybridized carbons (Fsp3) is 0.630. The minimum absolute atomic E-state index is 0.0458. The Morgan fingerprint density at radius 1 is 1.24 bits per heavy atom. The molecule has 3 aliphatic rings. The van der Waals surface area contributed by atoms with Crippen LogP contribution in [-0.4, -0.2) is 26.9 Å². The molecule has 1 aliphatic heterocycles. The quantitative estimate of drug-likeness (QED) is 0.683. The Kier molecular flexibility index (Phi) is 5.07. The number of aliphatic hydroxyl groups is 2. The minimum Gasteiger partial charge on any atom is -0.484 e. The number of pyridine rings is 1. The molecule has 0 amide bonds. The van der Waals surface area contributed by atoms with Crippen LogP contribution in [0, 0.1) is 28.6 Å². The Bertz CT molecular complexity index is 1120. The van der Waals surface area contributed by atoms with Crippen molar-refractivity contribution in [3.8, 4) is 17.1 Å². The lowest BCUT2D eigenvalue weighted by molar-refractivity contribution is -0.253. The third kappa shape index (κ3) is 2.99. The van der Waals surface area contributed by atoms with Gasteiger partial charge in [-0.15, -0.1) is 0 Å². The summed E-state index contributed by atoms with van der Waals surface area (Å²) in [5.74, 6) is 0.948. The van der Waals surface area contributed by atoms with Gasteiger partial charge in [0, 0.05) is 29.9 Å². The highest BCUT2D eigenvalue weighted by Crippen LogP contribution is 2.68. The molecule has 3 heterocycles. The van der Waals surface area contributed by atoms with Gasteiger partial charge < -0.3 is 19.4 Å². The molecule has 2 aromatic rings. The lowest BCUT2D eigenvalue weighted by Gasteiger charge is -2.67. The summed E-state index contributed by atoms with van der Waals surface area (Å²) in [5, 5.41) is 23.2. The van der Waals surface area contributed by atoms with Crippen LogP contribution in [-0.2, 0) is 0 Å². The lowest BCUT2D eigenvalue weighted by atomic mass is 9.41. The second-order valence-corrected chi connectivity index (χ2v) is 11.2. The zero-order valence-corrected chi connectivity index (χ0v) is 20.2. The van der Waals surface area contributed by atoms with E-state index >= 15 is 0 Å². The van der Waals surface area contributed by atoms with Crippen LogP contribution in [0.25, 0.3) is 11.3 Å². The SMILES string of the molecule is CC[C@]1(C)C2C[C@H](O)[C@@]3(C)Oc4cc(-c5cccnc5)oc(=O)c4[C@H](O)C3[C@@]2(C)CC[C@@H]1C. The molecule has 2 unspecified atom stereocenters. The summed E-state index contributed by atoms with van der Waals surface area (Å²) in [6.07, 6.45) is 5.04. The maximum absolute atomic E-state index is 13.1. The van der Waals surface area contributed by atoms with Crippen molar-refractivity contribution >= 4 is 0 Å². The molecule has 0 aromatic carbocycles. The van der Waals surface area contributed by atoms with Crippen molar-refractivity contribution in [2.45, 2.75) is 78.1 Å². The molecule has 8 atom stereocenters. The van der Waals surface area contributed by atoms with Crippen molar-refractivity contribution in [3.63, 3.8) is 0 Å². The molecule has 2 aliphatic carbocycles. The van der Waals surface area contributed by atoms with E-state index in [2.05, 4.69) is 32.7 Å². The van der Waals surface area contributed by atoms with Crippen molar-refractivity contribution in [1.29, 1.82) is 0 Å². The molecule has 2 N–H and O–H groups in total. The second-order valence-electron chi connectivity index (χ2n) is 11.2. The zero-order chi connectivity index (χ0) is 23.8. The molecule has 2 saturated carbocycles. The Morgan fingerprint density at radius 2 is 2.00 bits per heavy atom. The van der Waals surface area contributed by atoms with E-state index in [9.17, 15) is 15.0 Å². The molecule has 2 fully saturated rings. The number of rotatable bonds is 2. The summed E-state index contributed by atoms with van der Waals surface area (Å²) in [4.78, 5) is 17.2. The molecule has 0 radical (unpaired) electrons. The first-order valence-electron chi connectivity index (χ1n) is 12.2. The van der Waals surface area contributed by atoms with E-state index < -0.39 is 29.4 Å². The first kappa shape index (κ1) is 22.6. The van der Waals surface area contributed by atoms with Crippen molar-refractivity contribution < 1.29 is 19.4 Å². The van der Waals surface area contributed by atoms with E-state index in [0.29, 0.717) is 29.4 Å². The fourth-order valence-corrected chi connectivity index (χ4v) is 7.65. The van der Waals surface area contributed by atoms with Crippen LogP contribution >= 0.6 is 0 Å². The van der Waals surface area contributed by atoms with E-state index in [-0.39, 0.29) is 22.3 Å². The van der Waals surface area contributed by atoms with Crippen LogP contribution in [0.1, 0.15) is 72.0 Å². The Labute approximate surface area is 195 Å². The minimum atomic E-state index is -1.07. The Hall–Kier alpha value is -2.18. The van der Waals surface area contributed by atoms with Crippen LogP contribution in [0.3, 0.4) is 0 Å². The van der Waals surface area contributed by atoms with E-state index in [1.807, 2.05) is 6.92 Å². The largest absolute Gasteiger partial charge is 0.484 e. The molecule has 33 heavy (non-hydrogen) atoms. The maximum Gasteiger partial charge on any atom is 0.345 e. The summed E-state index contributed by atoms with van der Waals surface area (Å²) in [6.45, 7) is 11.0. The predicted octanol–water partition coefficient (Wildman–Crippen LogP) is 4.74. The number of nitrogens with zero attached hydrogens (tertiary/aromatic N) is 1. The highest BCUT2D eigenvalue weighted by molar-refractivity contribution is 5.59. The zero-order valence-electron chi connectivity index (χ0n) is 20.2. The first-order valence-corrected chi connectivity index (χ1v) is 12.2. The molecule has 2 aromatic heterocycles. The van der Waals surface area contributed by atoms with Gasteiger partial charge in [0.1, 0.15) is 22.7 Å². The van der Waals surface area contributed by atoms with E-state index in [1.165, 1.54) is 0 Å². The summed E-state index contributed by atoms with van der Waals surface area (Å²) < 4.78 is 12.1. The van der Waals surface area contributed by atoms with Crippen LogP contribution in [0.5, 0.6) is 5.75 Å². The van der Waals surface area contributed by atoms with Crippen LogP contribution in [0.4, 0.5) is 0 Å². The van der Waals surface area contributed by atoms with Crippen molar-refractivity contribution in [2.75, 3.05) is 0 Å². The number of aromatic nitrogens is 1. The van der Waals surface area contributed by atoms with Gasteiger partial charge in [-0.25, -0.2) is 4.79 Å². The first-order chi connectivity index (χ1) is 15.6. The van der Waals surface area contributed by atoms with Crippen LogP contribution in [0.2, 0.25) is 0 Å². The van der Waals surface area contributed by atoms with Gasteiger partial charge >= 0.3 is 5.63 Å². The van der Waals surface area contributed by atoms with Gasteiger partial charge in [-0.05, 0) is 61.0 Å². The Morgan fingerprint density at radius 3 is 2.67 bits per heavy atom. The van der Waals surface area contributed by atoms with Crippen LogP contribution in [0.15, 0.2) is 39.8 Å². The van der Waals surface area contributed by atoms with Gasteiger partial charge in [-0.2, -0.15) is 0 Å². The van der Waals surface area contributed by atoms with Crippen molar-refractivity contribution in [3.05, 3.63) is 46.6 Å². The predicted molar refractivity (Wildman–Crippen MR) is 125 cm³/mol. The maximum atomic E-state index is 13.1. The van der Waals surface area contributed by atoms with Gasteiger partial charge in [0.25, 0.3) is 0 Å². The number of aliphatic hydroxyl groups excluding tert-OH is 2. The normalized spacial score (nSPS) is 42.0. The standard InChI is InChI=1S/C27H35NO5/c1-6-25(3)15(2)9-10-26(4)19(25)13-20(29)27(5)23(26)22(30)21-18(33-27)12-17(32-24(21)31)16-8-7-11-28-14-16/h7-8,11-12,14-15,19-20,22-23,29-30H,6,9-10,13H2,1-5H3/t15-,19?,20-,22-,23?,25-,26-,27+/m0/s1. The summed E-state index contributed by atoms with van der Waals surface area (Å²) >= 11 is 0. The summed E-state index contributed by atoms with van der Waals surface area (Å²) in [5.41, 5.74) is -1.02. The van der Waals surface area contributed by atoms with Crippen LogP contribution < -0.4 is 10.4 Å². The van der Waals surface area contributed by atoms with Gasteiger partial charge in [0.2, 0.25) is 0 Å². The highest BCUT2D eigenvalue weighted by Gasteiger charge is 2.68. The average Bonchev–Trinajstić information content (AvgIpc) is 2.78. The fourth-order valence-electron chi connectivity index (χ4n) is 7.65. The molecule has 0 spiro atoms. The van der Waals surface area contributed by atoms with Gasteiger partial charge in [0.05, 0.1) is 12.2 Å². The molecular weight excluding hydrogens is 418 g/mol. The van der Waals surface area contributed by atoms with Gasteiger partial charge in [0.15, 0.2) is 0 Å². The third-order valence-corrected chi connectivity index (χ3v) is 9.88. The second kappa shape index (κ2) is 7.41. The summed E-state index contributed by atoms with van der Waals surface area (Å²) in [7, 11) is 0. The number of ether oxygens (including phenoxy) is 1. The van der Waals surface area contributed by atoms with E-state index in [1.54, 1.807) is 30.6 Å². The Balaban J connectivity index is 1.65. The molecule has 0 saturated heterocycles. The monoisotopic (exact) mass is 453 g/mol. The van der Waals surface area contributed by atoms with E-state index in [0.717, 1.165) is 19.3 Å².